The van der Waals surface area contributed by atoms with E-state index in [0.29, 0.717) is 13.0 Å². The number of carbonyl (C=O) groups excluding carboxylic acids is 1. The third kappa shape index (κ3) is 5.50. The molecule has 5 heterocycles. The second kappa shape index (κ2) is 11.8. The molecule has 0 spiro atoms. The van der Waals surface area contributed by atoms with E-state index >= 15 is 0 Å². The lowest BCUT2D eigenvalue weighted by Gasteiger charge is -2.44. The fourth-order valence-corrected chi connectivity index (χ4v) is 8.35. The lowest BCUT2D eigenvalue weighted by molar-refractivity contribution is -0.137. The van der Waals surface area contributed by atoms with Crippen LogP contribution in [0.1, 0.15) is 38.7 Å². The predicted molar refractivity (Wildman–Crippen MR) is 174 cm³/mol. The van der Waals surface area contributed by atoms with Gasteiger partial charge in [0.15, 0.2) is 5.13 Å². The van der Waals surface area contributed by atoms with Gasteiger partial charge in [0.05, 0.1) is 26.8 Å². The zero-order chi connectivity index (χ0) is 34.1. The minimum absolute atomic E-state index is 0.0148. The second-order valence-electron chi connectivity index (χ2n) is 13.0. The Bertz CT molecular complexity index is 1940. The van der Waals surface area contributed by atoms with Gasteiger partial charge in [0.2, 0.25) is 5.91 Å². The minimum Gasteiger partial charge on any atom is -0.461 e. The smallest absolute Gasteiger partial charge is 0.417 e. The van der Waals surface area contributed by atoms with E-state index in [1.807, 2.05) is 18.7 Å². The molecular weight excluding hydrogens is 653 g/mol. The molecule has 0 aliphatic carbocycles. The summed E-state index contributed by atoms with van der Waals surface area (Å²) in [6, 6.07) is 3.96. The van der Waals surface area contributed by atoms with E-state index < -0.39 is 29.3 Å². The number of hydrogen-bond donors (Lipinski definition) is 1. The van der Waals surface area contributed by atoms with Gasteiger partial charge in [-0.1, -0.05) is 17.9 Å². The number of thiazole rings is 1. The monoisotopic (exact) mass is 687 g/mol. The number of halogens is 5. The summed E-state index contributed by atoms with van der Waals surface area (Å²) in [5.41, 5.74) is 4.35. The number of ether oxygens (including phenoxy) is 1. The summed E-state index contributed by atoms with van der Waals surface area (Å²) in [5.74, 6) is -0.668. The van der Waals surface area contributed by atoms with Gasteiger partial charge in [0.1, 0.15) is 24.4 Å². The van der Waals surface area contributed by atoms with Crippen molar-refractivity contribution in [3.8, 4) is 17.1 Å². The molecule has 2 N–H and O–H groups in total. The molecule has 3 aliphatic rings. The van der Waals surface area contributed by atoms with Crippen LogP contribution in [0.3, 0.4) is 0 Å². The summed E-state index contributed by atoms with van der Waals surface area (Å²) in [7, 11) is 0. The molecule has 4 unspecified atom stereocenters. The summed E-state index contributed by atoms with van der Waals surface area (Å²) in [6.07, 6.45) is -2.59. The van der Waals surface area contributed by atoms with Crippen LogP contribution in [-0.4, -0.2) is 87.2 Å². The van der Waals surface area contributed by atoms with E-state index in [2.05, 4.69) is 21.4 Å². The first-order valence-corrected chi connectivity index (χ1v) is 16.6. The van der Waals surface area contributed by atoms with Gasteiger partial charge in [0, 0.05) is 49.1 Å². The van der Waals surface area contributed by atoms with E-state index in [1.54, 1.807) is 4.90 Å². The lowest BCUT2D eigenvalue weighted by atomic mass is 9.95. The quantitative estimate of drug-likeness (QED) is 0.189. The van der Waals surface area contributed by atoms with E-state index in [0.717, 1.165) is 42.9 Å². The minimum atomic E-state index is -4.82. The number of fused-ring (bicyclic) bond motifs is 3. The number of carbonyl (C=O) groups is 1. The van der Waals surface area contributed by atoms with Gasteiger partial charge < -0.3 is 20.3 Å². The van der Waals surface area contributed by atoms with Crippen molar-refractivity contribution in [2.45, 2.75) is 63.1 Å². The topological polar surface area (TPSA) is 101 Å². The first-order valence-electron chi connectivity index (χ1n) is 15.8. The molecule has 254 valence electrons. The number of hydrogen-bond acceptors (Lipinski definition) is 9. The average Bonchev–Trinajstić information content (AvgIpc) is 3.71. The van der Waals surface area contributed by atoms with Crippen LogP contribution < -0.4 is 15.4 Å². The number of nitrogens with two attached hydrogens (primary N) is 1. The molecule has 0 bridgehead atoms. The number of anilines is 2. The molecule has 4 aromatic rings. The molecule has 4 atom stereocenters. The summed E-state index contributed by atoms with van der Waals surface area (Å²) in [5, 5.41) is 0.147. The van der Waals surface area contributed by atoms with Crippen LogP contribution in [-0.2, 0) is 11.0 Å². The highest BCUT2D eigenvalue weighted by atomic mass is 32.1. The van der Waals surface area contributed by atoms with Crippen molar-refractivity contribution in [2.24, 2.45) is 0 Å². The van der Waals surface area contributed by atoms with Gasteiger partial charge in [-0.05, 0) is 69.1 Å². The Labute approximate surface area is 277 Å². The maximum Gasteiger partial charge on any atom is 0.417 e. The van der Waals surface area contributed by atoms with Crippen molar-refractivity contribution in [1.29, 1.82) is 0 Å². The summed E-state index contributed by atoms with van der Waals surface area (Å²) in [4.78, 5) is 31.6. The summed E-state index contributed by atoms with van der Waals surface area (Å²) < 4.78 is 80.1. The molecule has 48 heavy (non-hydrogen) atoms. The molecule has 15 heteroatoms. The Kier molecular flexibility index (Phi) is 7.97. The SMILES string of the molecule is C=CC(=O)N1CC(C)N(c2nc(OCC34CCCN3CC(F)C4)nc3cc(-c4ccc(F)c5sc(N)nc45)c(C(F)(F)F)cc23)CC1C. The normalized spacial score (nSPS) is 24.9. The number of alkyl halides is 4. The third-order valence-corrected chi connectivity index (χ3v) is 10.7. The largest absolute Gasteiger partial charge is 0.461 e. The molecule has 2 aromatic carbocycles. The zero-order valence-corrected chi connectivity index (χ0v) is 27.2. The zero-order valence-electron chi connectivity index (χ0n) is 26.4. The number of nitrogen functional groups attached to an aromatic ring is 1. The Morgan fingerprint density at radius 1 is 1.15 bits per heavy atom. The molecular formula is C33H34F5N7O2S. The number of benzene rings is 2. The van der Waals surface area contributed by atoms with Gasteiger partial charge in [0.25, 0.3) is 0 Å². The Hall–Kier alpha value is -4.11. The van der Waals surface area contributed by atoms with Crippen LogP contribution in [0.15, 0.2) is 36.9 Å². The Morgan fingerprint density at radius 3 is 2.69 bits per heavy atom. The van der Waals surface area contributed by atoms with Gasteiger partial charge in [-0.2, -0.15) is 23.1 Å². The van der Waals surface area contributed by atoms with Gasteiger partial charge >= 0.3 is 12.2 Å². The molecule has 0 radical (unpaired) electrons. The molecule has 1 amide bonds. The fourth-order valence-electron chi connectivity index (χ4n) is 7.58. The molecule has 3 saturated heterocycles. The number of nitrogens with zero attached hydrogens (tertiary/aromatic N) is 6. The molecule has 3 fully saturated rings. The highest BCUT2D eigenvalue weighted by Gasteiger charge is 2.49. The van der Waals surface area contributed by atoms with E-state index in [4.69, 9.17) is 15.5 Å². The molecule has 0 saturated carbocycles. The van der Waals surface area contributed by atoms with Crippen LogP contribution >= 0.6 is 11.3 Å². The third-order valence-electron chi connectivity index (χ3n) is 9.85. The fraction of sp³-hybridized carbons (Fsp3) is 0.455. The maximum absolute atomic E-state index is 14.9. The van der Waals surface area contributed by atoms with Crippen LogP contribution in [0.5, 0.6) is 6.01 Å². The number of amides is 1. The maximum atomic E-state index is 14.9. The van der Waals surface area contributed by atoms with Crippen LogP contribution in [0.25, 0.3) is 32.2 Å². The Morgan fingerprint density at radius 2 is 1.94 bits per heavy atom. The van der Waals surface area contributed by atoms with E-state index in [9.17, 15) is 26.7 Å². The highest BCUT2D eigenvalue weighted by molar-refractivity contribution is 7.22. The molecule has 2 aromatic heterocycles. The van der Waals surface area contributed by atoms with Crippen molar-refractivity contribution in [3.05, 3.63) is 48.3 Å². The van der Waals surface area contributed by atoms with Gasteiger partial charge in [-0.25, -0.2) is 13.8 Å². The Balaban J connectivity index is 1.39. The van der Waals surface area contributed by atoms with Crippen molar-refractivity contribution in [2.75, 3.05) is 43.4 Å². The standard InChI is InChI=1S/C33H34F5N7O2S/c1-4-26(46)44-13-18(3)45(14-17(44)2)29-22-10-23(33(36,37)38)21(20-6-7-24(35)28-27(20)41-30(39)48-28)11-25(22)40-31(42-29)47-16-32-8-5-9-43(32)15-19(34)12-32/h4,6-7,10-11,17-19H,1,5,8-9,12-16H2,2-3H3,(H2,39,41). The van der Waals surface area contributed by atoms with Crippen LogP contribution in [0.4, 0.5) is 32.9 Å². The summed E-state index contributed by atoms with van der Waals surface area (Å²) >= 11 is 0.851. The van der Waals surface area contributed by atoms with Gasteiger partial charge in [-0.3, -0.25) is 9.69 Å². The predicted octanol–water partition coefficient (Wildman–Crippen LogP) is 6.21. The van der Waals surface area contributed by atoms with Crippen molar-refractivity contribution >= 4 is 49.3 Å². The molecule has 9 nitrogen and oxygen atoms in total. The van der Waals surface area contributed by atoms with Crippen LogP contribution in [0.2, 0.25) is 0 Å². The first-order chi connectivity index (χ1) is 22.8. The lowest BCUT2D eigenvalue weighted by Crippen LogP contribution is -2.58. The van der Waals surface area contributed by atoms with E-state index in [1.165, 1.54) is 18.2 Å². The molecule has 7 rings (SSSR count). The van der Waals surface area contributed by atoms with Crippen molar-refractivity contribution in [1.82, 2.24) is 24.8 Å². The second-order valence-corrected chi connectivity index (χ2v) is 14.0. The first kappa shape index (κ1) is 32.4. The van der Waals surface area contributed by atoms with Crippen molar-refractivity contribution in [3.63, 3.8) is 0 Å². The van der Waals surface area contributed by atoms with Gasteiger partial charge in [-0.15, -0.1) is 0 Å². The number of rotatable bonds is 6. The van der Waals surface area contributed by atoms with Crippen LogP contribution in [0, 0.1) is 5.82 Å². The van der Waals surface area contributed by atoms with E-state index in [-0.39, 0.29) is 86.9 Å². The average molecular weight is 688 g/mol. The molecule has 3 aliphatic heterocycles. The van der Waals surface area contributed by atoms with Crippen molar-refractivity contribution < 1.29 is 31.5 Å². The number of piperazine rings is 1. The number of aromatic nitrogens is 3. The highest BCUT2D eigenvalue weighted by Crippen LogP contribution is 2.45. The summed E-state index contributed by atoms with van der Waals surface area (Å²) in [6.45, 7) is 9.06.